The lowest BCUT2D eigenvalue weighted by Crippen LogP contribution is -2.61. The van der Waals surface area contributed by atoms with E-state index < -0.39 is 224 Å². The fourth-order valence-electron chi connectivity index (χ4n) is 14.4. The number of anilines is 1. The molecule has 4 aliphatic rings. The third-order valence-electron chi connectivity index (χ3n) is 21.2. The minimum absolute atomic E-state index is 0.0486. The number of ether oxygens (including phenoxy) is 6. The molecule has 0 radical (unpaired) electrons. The highest BCUT2D eigenvalue weighted by Gasteiger charge is 2.50. The summed E-state index contributed by atoms with van der Waals surface area (Å²) in [5.41, 5.74) is 1.21. The van der Waals surface area contributed by atoms with Crippen LogP contribution in [0.2, 0.25) is 0 Å². The van der Waals surface area contributed by atoms with Crippen LogP contribution in [0.3, 0.4) is 0 Å². The molecule has 1 unspecified atom stereocenters. The third kappa shape index (κ3) is 24.7. The van der Waals surface area contributed by atoms with Crippen molar-refractivity contribution in [2.75, 3.05) is 66.5 Å². The number of aliphatic hydroxyl groups excluding tert-OH is 6. The number of benzene rings is 2. The second-order valence-electron chi connectivity index (χ2n) is 30.3. The topological polar surface area (TPSA) is 524 Å². The highest BCUT2D eigenvalue weighted by atomic mass is 16.7. The molecule has 0 spiro atoms. The van der Waals surface area contributed by atoms with Crippen LogP contribution < -0.4 is 31.9 Å². The van der Waals surface area contributed by atoms with Crippen LogP contribution in [-0.2, 0) is 99.0 Å². The number of hydrogen-bond donors (Lipinski definition) is 14. The van der Waals surface area contributed by atoms with Gasteiger partial charge in [-0.25, -0.2) is 9.59 Å². The van der Waals surface area contributed by atoms with Crippen molar-refractivity contribution >= 4 is 82.8 Å². The molecule has 2 aromatic rings. The van der Waals surface area contributed by atoms with E-state index in [9.17, 15) is 103 Å². The van der Waals surface area contributed by atoms with Gasteiger partial charge in [-0.05, 0) is 72.6 Å². The largest absolute Gasteiger partial charge is 0.481 e. The van der Waals surface area contributed by atoms with Crippen LogP contribution in [0.1, 0.15) is 112 Å². The number of aliphatic hydroxyl groups is 6. The normalized spacial score (nSPS) is 24.2. The summed E-state index contributed by atoms with van der Waals surface area (Å²) in [4.78, 5) is 180. The van der Waals surface area contributed by atoms with Crippen LogP contribution in [0, 0.1) is 35.5 Å². The molecule has 11 amide bonds. The number of carbonyl (C=O) groups excluding carboxylic acids is 11. The molecule has 114 heavy (non-hydrogen) atoms. The minimum Gasteiger partial charge on any atom is -0.481 e. The molecule has 3 fully saturated rings. The summed E-state index contributed by atoms with van der Waals surface area (Å²) in [5.74, 6) is -14.4. The fourth-order valence-corrected chi connectivity index (χ4v) is 14.4. The lowest BCUT2D eigenvalue weighted by molar-refractivity contribution is -0.294. The summed E-state index contributed by atoms with van der Waals surface area (Å²) in [5, 5.41) is 97.3. The molecular weight excluding hydrogens is 1500 g/mol. The second kappa shape index (κ2) is 43.5. The average molecular weight is 1610 g/mol. The smallest absolute Gasteiger partial charge is 0.410 e. The van der Waals surface area contributed by atoms with E-state index in [1.807, 2.05) is 13.8 Å². The van der Waals surface area contributed by atoms with E-state index in [2.05, 4.69) is 31.9 Å². The lowest BCUT2D eigenvalue weighted by atomic mass is 9.81. The molecule has 37 heteroatoms. The van der Waals surface area contributed by atoms with E-state index >= 15 is 0 Å². The zero-order chi connectivity index (χ0) is 84.9. The van der Waals surface area contributed by atoms with Gasteiger partial charge in [0.15, 0.2) is 12.4 Å². The predicted molar refractivity (Wildman–Crippen MR) is 403 cm³/mol. The number of amides is 11. The fraction of sp³-hybridized carbons (Fsp3) is 0.649. The number of imide groups is 1. The molecule has 21 atom stereocenters. The van der Waals surface area contributed by atoms with Gasteiger partial charge in [0.05, 0.1) is 61.4 Å². The first kappa shape index (κ1) is 93.7. The number of carboxylic acid groups (broad SMARTS) is 2. The van der Waals surface area contributed by atoms with Crippen molar-refractivity contribution in [3.8, 4) is 0 Å². The van der Waals surface area contributed by atoms with Crippen LogP contribution in [0.25, 0.3) is 0 Å². The number of carbonyl (C=O) groups is 13. The summed E-state index contributed by atoms with van der Waals surface area (Å²) in [6.07, 6.45) is -15.7. The van der Waals surface area contributed by atoms with Crippen molar-refractivity contribution in [3.05, 3.63) is 77.9 Å². The molecule has 1 saturated carbocycles. The first-order valence-corrected chi connectivity index (χ1v) is 38.2. The Morgan fingerprint density at radius 1 is 0.640 bits per heavy atom. The zero-order valence-corrected chi connectivity index (χ0v) is 66.5. The van der Waals surface area contributed by atoms with Gasteiger partial charge in [0.2, 0.25) is 47.3 Å². The van der Waals surface area contributed by atoms with Crippen molar-refractivity contribution in [1.29, 1.82) is 0 Å². The first-order valence-electron chi connectivity index (χ1n) is 38.2. The molecule has 6 rings (SSSR count). The molecular formula is C77H114N10O27. The summed E-state index contributed by atoms with van der Waals surface area (Å²) in [7, 11) is 5.79. The lowest BCUT2D eigenvalue weighted by Gasteiger charge is -2.41. The van der Waals surface area contributed by atoms with E-state index in [0.717, 1.165) is 22.6 Å². The van der Waals surface area contributed by atoms with Gasteiger partial charge in [0.25, 0.3) is 11.8 Å². The van der Waals surface area contributed by atoms with E-state index in [4.69, 9.17) is 28.4 Å². The predicted octanol–water partition coefficient (Wildman–Crippen LogP) is -1.46. The van der Waals surface area contributed by atoms with Gasteiger partial charge in [-0.15, -0.1) is 0 Å². The van der Waals surface area contributed by atoms with Crippen LogP contribution in [-0.4, -0.2) is 308 Å². The van der Waals surface area contributed by atoms with Gasteiger partial charge in [0.1, 0.15) is 73.9 Å². The Balaban J connectivity index is 1.07. The molecule has 37 nitrogen and oxygen atoms in total. The quantitative estimate of drug-likeness (QED) is 0.0267. The van der Waals surface area contributed by atoms with Crippen molar-refractivity contribution in [1.82, 2.24) is 46.2 Å². The monoisotopic (exact) mass is 1610 g/mol. The number of nitrogens with one attached hydrogen (secondary N) is 6. The second-order valence-corrected chi connectivity index (χ2v) is 30.3. The van der Waals surface area contributed by atoms with Crippen molar-refractivity contribution in [3.63, 3.8) is 0 Å². The average Bonchev–Trinajstić information content (AvgIpc) is 1.54. The first-order chi connectivity index (χ1) is 53.8. The van der Waals surface area contributed by atoms with Gasteiger partial charge in [-0.2, -0.15) is 0 Å². The van der Waals surface area contributed by atoms with Crippen LogP contribution in [0.15, 0.2) is 66.7 Å². The summed E-state index contributed by atoms with van der Waals surface area (Å²) >= 11 is 0. The van der Waals surface area contributed by atoms with Gasteiger partial charge < -0.3 is 111 Å². The number of methoxy groups -OCH3 is 2. The Morgan fingerprint density at radius 2 is 1.26 bits per heavy atom. The van der Waals surface area contributed by atoms with Gasteiger partial charge in [0, 0.05) is 72.3 Å². The highest BCUT2D eigenvalue weighted by Crippen LogP contribution is 2.32. The molecule has 3 aliphatic heterocycles. The molecule has 634 valence electrons. The molecule has 1 aliphatic carbocycles. The maximum Gasteiger partial charge on any atom is 0.410 e. The molecule has 14 N–H and O–H groups in total. The summed E-state index contributed by atoms with van der Waals surface area (Å²) in [6.45, 7) is 13.7. The number of carboxylic acids is 2. The van der Waals surface area contributed by atoms with Crippen LogP contribution in [0.4, 0.5) is 10.5 Å². The number of rotatable bonds is 41. The Morgan fingerprint density at radius 3 is 1.84 bits per heavy atom. The van der Waals surface area contributed by atoms with Crippen molar-refractivity contribution in [2.24, 2.45) is 35.5 Å². The Labute approximate surface area is 661 Å². The van der Waals surface area contributed by atoms with E-state index in [-0.39, 0.29) is 63.0 Å². The number of aliphatic carboxylic acids is 2. The van der Waals surface area contributed by atoms with Crippen LogP contribution >= 0.6 is 0 Å². The summed E-state index contributed by atoms with van der Waals surface area (Å²) < 4.78 is 34.3. The third-order valence-corrected chi connectivity index (χ3v) is 21.2. The van der Waals surface area contributed by atoms with Crippen LogP contribution in [0.5, 0.6) is 0 Å². The Kier molecular flexibility index (Phi) is 35.8. The maximum atomic E-state index is 15.0. The molecule has 0 bridgehead atoms. The molecule has 2 saturated heterocycles. The van der Waals surface area contributed by atoms with E-state index in [1.54, 1.807) is 90.7 Å². The van der Waals surface area contributed by atoms with Crippen molar-refractivity contribution in [2.45, 2.75) is 223 Å². The molecule has 3 heterocycles. The number of likely N-dealkylation sites (tertiary alicyclic amines) is 1. The Bertz CT molecular complexity index is 3650. The highest BCUT2D eigenvalue weighted by molar-refractivity contribution is 6.14. The van der Waals surface area contributed by atoms with Gasteiger partial charge in [-0.1, -0.05) is 111 Å². The van der Waals surface area contributed by atoms with Gasteiger partial charge >= 0.3 is 18.0 Å². The van der Waals surface area contributed by atoms with Gasteiger partial charge in [-0.3, -0.25) is 62.5 Å². The van der Waals surface area contributed by atoms with Crippen molar-refractivity contribution < 1.29 is 132 Å². The zero-order valence-electron chi connectivity index (χ0n) is 66.5. The molecule has 0 aromatic heterocycles. The maximum absolute atomic E-state index is 15.0. The minimum atomic E-state index is -2.09. The van der Waals surface area contributed by atoms with E-state index in [0.29, 0.717) is 36.3 Å². The number of likely N-dealkylation sites (N-methyl/N-ethyl adjacent to an activating group) is 2. The standard InChI is InChI=1S/C77H114N10O27/c1-14-41(8)59(50(109-12)34-55(91)86-30-18-22-49(86)66(110-13)42(9)68(98)80-47(32-43-20-16-15-17-21-43)69(99)78-29-19-31-111-51-33-46(74(104)105)60(92)62(94)61(51)93)84(10)73(103)57(39(4)5)83-72(102)58(40(6)7)85(11)77(108)113-36-44-23-25-45(26-24-44)79-70(100)48(37-112-76-65(97)63(95)64(96)67(114-76)75(106)107)81-71(101)56(38(2)3)82-52(88)35-87-53(89)27-28-54(87)90/h15-17,20-21,23-28,38-42,46-51,56-67,76,92-97H,14,18-19,22,29-37H2,1-13H3,(H,78,99)(H,79,100)(H,80,98)(H,81,101)(H,82,88)(H,83,102)(H,104,105)(H,106,107)/t41-,42+,46-,47?,48-,49-,50+,51+,56-,57-,58-,59-,60+,61-,62-,63-,64-,65+,66+,67-,76+/m0/s1. The van der Waals surface area contributed by atoms with E-state index in [1.165, 1.54) is 50.4 Å². The summed E-state index contributed by atoms with van der Waals surface area (Å²) in [6, 6.07) is 6.79. The number of hydrogen-bond acceptors (Lipinski definition) is 25. The SMILES string of the molecule is CC[C@H](C)[C@@H]([C@@H](CC(=O)N1CCC[C@H]1[C@H](OC)[C@@H](C)C(=O)NC(Cc1ccccc1)C(=O)NCCCO[C@@H]1C[C@H](C(=O)O)[C@@H](O)[C@H](O)[C@H]1O)OC)N(C)C(=O)[C@@H](NC(=O)[C@H](C(C)C)N(C)C(=O)OCc1ccc(NC(=O)[C@H](CO[C@@H]2O[C@H](C(=O)O)[C@@H](O)[C@H](O)[C@H]2O)NC(=O)[C@@H](NC(=O)CN2C(=O)C=CC2=O)C(C)C)cc1)C(C)C. The molecule has 2 aromatic carbocycles. The number of nitrogens with zero attached hydrogens (tertiary/aromatic N) is 4. The Hall–Kier alpha value is -9.15.